The van der Waals surface area contributed by atoms with Crippen LogP contribution in [0.5, 0.6) is 11.5 Å². The first-order chi connectivity index (χ1) is 10.1. The van der Waals surface area contributed by atoms with Crippen molar-refractivity contribution in [1.82, 2.24) is 5.32 Å². The van der Waals surface area contributed by atoms with Crippen LogP contribution in [-0.4, -0.2) is 31.9 Å². The van der Waals surface area contributed by atoms with Crippen LogP contribution in [0.25, 0.3) is 0 Å². The first kappa shape index (κ1) is 16.1. The van der Waals surface area contributed by atoms with Gasteiger partial charge < -0.3 is 19.9 Å². The molecule has 0 spiro atoms. The van der Waals surface area contributed by atoms with Gasteiger partial charge in [0.05, 0.1) is 19.8 Å². The molecule has 1 aliphatic carbocycles. The van der Waals surface area contributed by atoms with Crippen LogP contribution in [-0.2, 0) is 5.60 Å². The molecular formula is C17H27NO3. The molecule has 1 saturated carbocycles. The molecule has 21 heavy (non-hydrogen) atoms. The van der Waals surface area contributed by atoms with Crippen LogP contribution in [0.3, 0.4) is 0 Å². The molecule has 4 nitrogen and oxygen atoms in total. The number of aliphatic hydroxyl groups is 1. The minimum atomic E-state index is -0.815. The summed E-state index contributed by atoms with van der Waals surface area (Å²) in [5.41, 5.74) is 0.0304. The van der Waals surface area contributed by atoms with Crippen LogP contribution in [0.2, 0.25) is 0 Å². The van der Waals surface area contributed by atoms with Crippen LogP contribution in [0.4, 0.5) is 0 Å². The van der Waals surface area contributed by atoms with Crippen LogP contribution < -0.4 is 14.8 Å². The fraction of sp³-hybridized carbons (Fsp3) is 0.647. The lowest BCUT2D eigenvalue weighted by Crippen LogP contribution is -2.40. The van der Waals surface area contributed by atoms with Crippen molar-refractivity contribution in [1.29, 1.82) is 0 Å². The Kier molecular flexibility index (Phi) is 5.48. The zero-order valence-corrected chi connectivity index (χ0v) is 13.3. The molecule has 0 radical (unpaired) electrons. The molecule has 4 heteroatoms. The van der Waals surface area contributed by atoms with Gasteiger partial charge in [0.25, 0.3) is 0 Å². The van der Waals surface area contributed by atoms with Gasteiger partial charge in [0.2, 0.25) is 0 Å². The van der Waals surface area contributed by atoms with Gasteiger partial charge >= 0.3 is 0 Å². The highest BCUT2D eigenvalue weighted by Gasteiger charge is 2.37. The van der Waals surface area contributed by atoms with Crippen LogP contribution in [0.15, 0.2) is 18.2 Å². The lowest BCUT2D eigenvalue weighted by molar-refractivity contribution is -0.0102. The number of ether oxygens (including phenoxy) is 2. The predicted octanol–water partition coefficient (Wildman–Crippen LogP) is 2.83. The number of benzene rings is 1. The van der Waals surface area contributed by atoms with Crippen molar-refractivity contribution in [3.05, 3.63) is 23.8 Å². The van der Waals surface area contributed by atoms with Crippen molar-refractivity contribution in [3.63, 3.8) is 0 Å². The topological polar surface area (TPSA) is 50.7 Å². The monoisotopic (exact) mass is 293 g/mol. The van der Waals surface area contributed by atoms with Crippen LogP contribution in [0, 0.1) is 0 Å². The Morgan fingerprint density at radius 3 is 2.52 bits per heavy atom. The third-order valence-corrected chi connectivity index (χ3v) is 4.40. The standard InChI is InChI=1S/C17H27NO3/c1-4-11-18-13-7-9-17(19,10-8-13)15-12-14(20-2)5-6-16(15)21-3/h5-6,12-13,18-19H,4,7-11H2,1-3H3. The Morgan fingerprint density at radius 2 is 1.95 bits per heavy atom. The van der Waals surface area contributed by atoms with Gasteiger partial charge in [0.15, 0.2) is 0 Å². The highest BCUT2D eigenvalue weighted by molar-refractivity contribution is 5.44. The molecule has 2 N–H and O–H groups in total. The van der Waals surface area contributed by atoms with Crippen LogP contribution in [0.1, 0.15) is 44.6 Å². The normalized spacial score (nSPS) is 25.6. The van der Waals surface area contributed by atoms with Gasteiger partial charge in [-0.15, -0.1) is 0 Å². The molecule has 0 heterocycles. The van der Waals surface area contributed by atoms with E-state index in [1.807, 2.05) is 18.2 Å². The molecule has 0 bridgehead atoms. The van der Waals surface area contributed by atoms with Crippen molar-refractivity contribution < 1.29 is 14.6 Å². The van der Waals surface area contributed by atoms with Crippen molar-refractivity contribution in [3.8, 4) is 11.5 Å². The number of hydrogen-bond acceptors (Lipinski definition) is 4. The van der Waals surface area contributed by atoms with Crippen LogP contribution >= 0.6 is 0 Å². The highest BCUT2D eigenvalue weighted by Crippen LogP contribution is 2.42. The summed E-state index contributed by atoms with van der Waals surface area (Å²) in [7, 11) is 3.28. The molecule has 2 rings (SSSR count). The van der Waals surface area contributed by atoms with E-state index in [-0.39, 0.29) is 0 Å². The van der Waals surface area contributed by atoms with E-state index >= 15 is 0 Å². The van der Waals surface area contributed by atoms with E-state index < -0.39 is 5.60 Å². The lowest BCUT2D eigenvalue weighted by atomic mass is 9.77. The van der Waals surface area contributed by atoms with E-state index in [1.165, 1.54) is 0 Å². The molecule has 0 unspecified atom stereocenters. The second-order valence-corrected chi connectivity index (χ2v) is 5.83. The molecule has 0 amide bonds. The number of rotatable bonds is 6. The largest absolute Gasteiger partial charge is 0.497 e. The minimum absolute atomic E-state index is 0.516. The summed E-state index contributed by atoms with van der Waals surface area (Å²) >= 11 is 0. The Hall–Kier alpha value is -1.26. The minimum Gasteiger partial charge on any atom is -0.497 e. The van der Waals surface area contributed by atoms with E-state index in [4.69, 9.17) is 9.47 Å². The Morgan fingerprint density at radius 1 is 1.24 bits per heavy atom. The van der Waals surface area contributed by atoms with E-state index in [2.05, 4.69) is 12.2 Å². The molecule has 1 aliphatic rings. The van der Waals surface area contributed by atoms with Gasteiger partial charge in [0, 0.05) is 11.6 Å². The SMILES string of the molecule is CCCNC1CCC(O)(c2cc(OC)ccc2OC)CC1. The van der Waals surface area contributed by atoms with Crippen molar-refractivity contribution >= 4 is 0 Å². The summed E-state index contributed by atoms with van der Waals surface area (Å²) in [5.74, 6) is 1.49. The average molecular weight is 293 g/mol. The maximum atomic E-state index is 11.1. The van der Waals surface area contributed by atoms with Crippen molar-refractivity contribution in [2.24, 2.45) is 0 Å². The van der Waals surface area contributed by atoms with E-state index in [1.54, 1.807) is 14.2 Å². The Bertz CT molecular complexity index is 453. The highest BCUT2D eigenvalue weighted by atomic mass is 16.5. The summed E-state index contributed by atoms with van der Waals surface area (Å²) < 4.78 is 10.7. The fourth-order valence-electron chi connectivity index (χ4n) is 3.10. The summed E-state index contributed by atoms with van der Waals surface area (Å²) in [6, 6.07) is 6.15. The van der Waals surface area contributed by atoms with Crippen molar-refractivity contribution in [2.45, 2.75) is 50.7 Å². The number of nitrogens with one attached hydrogen (secondary N) is 1. The zero-order valence-electron chi connectivity index (χ0n) is 13.3. The molecule has 118 valence electrons. The smallest absolute Gasteiger partial charge is 0.125 e. The number of hydrogen-bond donors (Lipinski definition) is 2. The second kappa shape index (κ2) is 7.14. The molecule has 1 aromatic rings. The molecule has 0 atom stereocenters. The summed E-state index contributed by atoms with van der Waals surface area (Å²) in [5, 5.41) is 14.6. The molecule has 0 saturated heterocycles. The molecule has 1 aromatic carbocycles. The van der Waals surface area contributed by atoms with Crippen molar-refractivity contribution in [2.75, 3.05) is 20.8 Å². The van der Waals surface area contributed by atoms with Gasteiger partial charge in [-0.25, -0.2) is 0 Å². The molecule has 0 aromatic heterocycles. The fourth-order valence-corrected chi connectivity index (χ4v) is 3.10. The third kappa shape index (κ3) is 3.69. The molecular weight excluding hydrogens is 266 g/mol. The van der Waals surface area contributed by atoms with Gasteiger partial charge in [-0.3, -0.25) is 0 Å². The van der Waals surface area contributed by atoms with Gasteiger partial charge in [-0.2, -0.15) is 0 Å². The van der Waals surface area contributed by atoms with Gasteiger partial charge in [0.1, 0.15) is 11.5 Å². The lowest BCUT2D eigenvalue weighted by Gasteiger charge is -2.37. The summed E-state index contributed by atoms with van der Waals surface area (Å²) in [6.45, 7) is 3.22. The van der Waals surface area contributed by atoms with Gasteiger partial charge in [-0.05, 0) is 56.8 Å². The van der Waals surface area contributed by atoms with E-state index in [0.29, 0.717) is 6.04 Å². The van der Waals surface area contributed by atoms with Gasteiger partial charge in [-0.1, -0.05) is 6.92 Å². The third-order valence-electron chi connectivity index (χ3n) is 4.40. The zero-order chi connectivity index (χ0) is 15.3. The summed E-state index contributed by atoms with van der Waals surface area (Å²) in [6.07, 6.45) is 4.61. The second-order valence-electron chi connectivity index (χ2n) is 5.83. The Balaban J connectivity index is 2.14. The average Bonchev–Trinajstić information content (AvgIpc) is 2.53. The van der Waals surface area contributed by atoms with E-state index in [0.717, 1.165) is 55.7 Å². The summed E-state index contributed by atoms with van der Waals surface area (Å²) in [4.78, 5) is 0. The molecule has 1 fully saturated rings. The maximum Gasteiger partial charge on any atom is 0.125 e. The molecule has 0 aliphatic heterocycles. The first-order valence-corrected chi connectivity index (χ1v) is 7.81. The maximum absolute atomic E-state index is 11.1. The predicted molar refractivity (Wildman–Crippen MR) is 84.0 cm³/mol. The Labute approximate surface area is 127 Å². The first-order valence-electron chi connectivity index (χ1n) is 7.81. The quantitative estimate of drug-likeness (QED) is 0.847. The number of methoxy groups -OCH3 is 2. The van der Waals surface area contributed by atoms with E-state index in [9.17, 15) is 5.11 Å².